The topological polar surface area (TPSA) is 69.6 Å². The van der Waals surface area contributed by atoms with E-state index in [0.717, 1.165) is 5.56 Å². The molecule has 1 fully saturated rings. The first-order chi connectivity index (χ1) is 9.90. The fraction of sp³-hybridized carbons (Fsp3) is 0.429. The van der Waals surface area contributed by atoms with E-state index in [0.29, 0.717) is 29.4 Å². The Morgan fingerprint density at radius 2 is 2.14 bits per heavy atom. The van der Waals surface area contributed by atoms with Gasteiger partial charge in [-0.05, 0) is 37.5 Å². The van der Waals surface area contributed by atoms with Gasteiger partial charge in [-0.15, -0.1) is 0 Å². The van der Waals surface area contributed by atoms with Gasteiger partial charge < -0.3 is 15.3 Å². The maximum absolute atomic E-state index is 12.2. The zero-order valence-corrected chi connectivity index (χ0v) is 13.0. The Morgan fingerprint density at radius 1 is 1.43 bits per heavy atom. The molecule has 1 aliphatic heterocycles. The van der Waals surface area contributed by atoms with Crippen LogP contribution in [0.25, 0.3) is 0 Å². The number of carboxylic acid groups (broad SMARTS) is 1. The number of nitrogens with zero attached hydrogens (tertiary/aromatic N) is 1. The lowest BCUT2D eigenvalue weighted by molar-refractivity contribution is -0.141. The first-order valence-corrected chi connectivity index (χ1v) is 7.40. The molecule has 0 bridgehead atoms. The maximum Gasteiger partial charge on any atom is 0.326 e. The molecule has 7 heteroatoms. The molecule has 114 valence electrons. The summed E-state index contributed by atoms with van der Waals surface area (Å²) in [4.78, 5) is 24.7. The number of hydrogen-bond acceptors (Lipinski definition) is 2. The molecule has 2 amide bonds. The lowest BCUT2D eigenvalue weighted by Gasteiger charge is -2.25. The largest absolute Gasteiger partial charge is 0.480 e. The highest BCUT2D eigenvalue weighted by atomic mass is 35.5. The number of carboxylic acids is 1. The van der Waals surface area contributed by atoms with Crippen LogP contribution in [0.5, 0.6) is 0 Å². The second-order valence-electron chi connectivity index (χ2n) is 5.03. The van der Waals surface area contributed by atoms with Crippen molar-refractivity contribution in [1.82, 2.24) is 10.2 Å². The van der Waals surface area contributed by atoms with Crippen LogP contribution in [0.2, 0.25) is 10.0 Å². The fourth-order valence-corrected chi connectivity index (χ4v) is 3.04. The van der Waals surface area contributed by atoms with Gasteiger partial charge >= 0.3 is 12.0 Å². The van der Waals surface area contributed by atoms with Crippen LogP contribution in [-0.2, 0) is 4.79 Å². The third-order valence-corrected chi connectivity index (χ3v) is 4.13. The summed E-state index contributed by atoms with van der Waals surface area (Å²) in [5.74, 6) is -0.972. The number of likely N-dealkylation sites (tertiary alicyclic amines) is 1. The minimum Gasteiger partial charge on any atom is -0.480 e. The number of carbonyl (C=O) groups excluding carboxylic acids is 1. The normalized spacial score (nSPS) is 19.4. The van der Waals surface area contributed by atoms with Crippen LogP contribution in [0.3, 0.4) is 0 Å². The zero-order valence-electron chi connectivity index (χ0n) is 11.5. The van der Waals surface area contributed by atoms with Crippen molar-refractivity contribution >= 4 is 35.2 Å². The molecule has 1 heterocycles. The van der Waals surface area contributed by atoms with Gasteiger partial charge in [0.25, 0.3) is 0 Å². The molecule has 2 atom stereocenters. The van der Waals surface area contributed by atoms with E-state index in [9.17, 15) is 9.59 Å². The van der Waals surface area contributed by atoms with E-state index in [1.54, 1.807) is 25.1 Å². The van der Waals surface area contributed by atoms with Gasteiger partial charge in [0.15, 0.2) is 0 Å². The molecule has 2 rings (SSSR count). The number of benzene rings is 1. The van der Waals surface area contributed by atoms with Crippen molar-refractivity contribution in [2.75, 3.05) is 6.54 Å². The van der Waals surface area contributed by atoms with E-state index >= 15 is 0 Å². The molecule has 0 aromatic heterocycles. The number of aliphatic carboxylic acids is 1. The van der Waals surface area contributed by atoms with Crippen LogP contribution >= 0.6 is 23.2 Å². The smallest absolute Gasteiger partial charge is 0.326 e. The molecule has 1 aromatic carbocycles. The third-order valence-electron chi connectivity index (χ3n) is 3.57. The molecule has 21 heavy (non-hydrogen) atoms. The van der Waals surface area contributed by atoms with Gasteiger partial charge in [0.2, 0.25) is 0 Å². The summed E-state index contributed by atoms with van der Waals surface area (Å²) >= 11 is 11.9. The van der Waals surface area contributed by atoms with Gasteiger partial charge in [0.1, 0.15) is 6.04 Å². The Morgan fingerprint density at radius 3 is 2.76 bits per heavy atom. The Hall–Kier alpha value is -1.46. The van der Waals surface area contributed by atoms with Crippen LogP contribution in [0, 0.1) is 0 Å². The summed E-state index contributed by atoms with van der Waals surface area (Å²) in [5.41, 5.74) is 0.737. The number of nitrogens with one attached hydrogen (secondary N) is 1. The van der Waals surface area contributed by atoms with Crippen LogP contribution in [0.1, 0.15) is 31.4 Å². The molecule has 5 nitrogen and oxygen atoms in total. The van der Waals surface area contributed by atoms with Gasteiger partial charge in [0, 0.05) is 16.6 Å². The minimum atomic E-state index is -0.972. The number of hydrogen-bond donors (Lipinski definition) is 2. The fourth-order valence-electron chi connectivity index (χ4n) is 2.47. The lowest BCUT2D eigenvalue weighted by atomic mass is 10.1. The second-order valence-corrected chi connectivity index (χ2v) is 5.87. The van der Waals surface area contributed by atoms with E-state index < -0.39 is 18.0 Å². The highest BCUT2D eigenvalue weighted by Crippen LogP contribution is 2.26. The third kappa shape index (κ3) is 3.60. The van der Waals surface area contributed by atoms with Gasteiger partial charge in [-0.2, -0.15) is 0 Å². The van der Waals surface area contributed by atoms with E-state index in [2.05, 4.69) is 5.32 Å². The number of carbonyl (C=O) groups is 2. The van der Waals surface area contributed by atoms with Crippen LogP contribution in [-0.4, -0.2) is 34.6 Å². The SMILES string of the molecule is CC(NC(=O)N1CCC[C@@H]1C(=O)O)c1ccc(Cl)cc1Cl. The van der Waals surface area contributed by atoms with Gasteiger partial charge in [-0.1, -0.05) is 29.3 Å². The Bertz CT molecular complexity index is 565. The van der Waals surface area contributed by atoms with Crippen LogP contribution in [0.4, 0.5) is 4.79 Å². The second kappa shape index (κ2) is 6.54. The Balaban J connectivity index is 2.06. The van der Waals surface area contributed by atoms with Crippen molar-refractivity contribution < 1.29 is 14.7 Å². The number of amides is 2. The predicted octanol–water partition coefficient (Wildman–Crippen LogP) is 3.31. The van der Waals surface area contributed by atoms with Crippen molar-refractivity contribution in [1.29, 1.82) is 0 Å². The van der Waals surface area contributed by atoms with E-state index in [-0.39, 0.29) is 6.04 Å². The van der Waals surface area contributed by atoms with Gasteiger partial charge in [-0.25, -0.2) is 9.59 Å². The monoisotopic (exact) mass is 330 g/mol. The Kier molecular flexibility index (Phi) is 4.96. The average Bonchev–Trinajstić information content (AvgIpc) is 2.87. The van der Waals surface area contributed by atoms with Crippen LogP contribution in [0.15, 0.2) is 18.2 Å². The van der Waals surface area contributed by atoms with E-state index in [1.165, 1.54) is 4.90 Å². The molecule has 1 aliphatic rings. The molecule has 1 saturated heterocycles. The first kappa shape index (κ1) is 15.9. The highest BCUT2D eigenvalue weighted by molar-refractivity contribution is 6.35. The number of halogens is 2. The summed E-state index contributed by atoms with van der Waals surface area (Å²) < 4.78 is 0. The number of urea groups is 1. The van der Waals surface area contributed by atoms with Gasteiger partial charge in [0.05, 0.1) is 6.04 Å². The molecular formula is C14H16Cl2N2O3. The van der Waals surface area contributed by atoms with E-state index in [1.807, 2.05) is 0 Å². The molecule has 0 aliphatic carbocycles. The molecule has 1 unspecified atom stereocenters. The molecular weight excluding hydrogens is 315 g/mol. The maximum atomic E-state index is 12.2. The first-order valence-electron chi connectivity index (χ1n) is 6.65. The highest BCUT2D eigenvalue weighted by Gasteiger charge is 2.34. The molecule has 2 N–H and O–H groups in total. The molecule has 1 aromatic rings. The lowest BCUT2D eigenvalue weighted by Crippen LogP contribution is -2.46. The van der Waals surface area contributed by atoms with Crippen molar-refractivity contribution in [2.24, 2.45) is 0 Å². The summed E-state index contributed by atoms with van der Waals surface area (Å²) in [5, 5.41) is 12.9. The molecule has 0 saturated carbocycles. The standard InChI is InChI=1S/C14H16Cl2N2O3/c1-8(10-5-4-9(15)7-11(10)16)17-14(21)18-6-2-3-12(18)13(19)20/h4-5,7-8,12H,2-3,6H2,1H3,(H,17,21)(H,19,20)/t8?,12-/m1/s1. The van der Waals surface area contributed by atoms with Crippen LogP contribution < -0.4 is 5.32 Å². The molecule has 0 radical (unpaired) electrons. The van der Waals surface area contributed by atoms with Crippen molar-refractivity contribution in [3.8, 4) is 0 Å². The van der Waals surface area contributed by atoms with Gasteiger partial charge in [-0.3, -0.25) is 0 Å². The summed E-state index contributed by atoms with van der Waals surface area (Å²) in [6.07, 6.45) is 1.18. The Labute approximate surface area is 132 Å². The summed E-state index contributed by atoms with van der Waals surface area (Å²) in [6, 6.07) is 3.57. The van der Waals surface area contributed by atoms with Crippen molar-refractivity contribution in [3.05, 3.63) is 33.8 Å². The quantitative estimate of drug-likeness (QED) is 0.893. The predicted molar refractivity (Wildman–Crippen MR) is 80.8 cm³/mol. The summed E-state index contributed by atoms with van der Waals surface area (Å²) in [7, 11) is 0. The van der Waals surface area contributed by atoms with Crippen molar-refractivity contribution in [2.45, 2.75) is 31.8 Å². The zero-order chi connectivity index (χ0) is 15.6. The summed E-state index contributed by atoms with van der Waals surface area (Å²) in [6.45, 7) is 2.24. The van der Waals surface area contributed by atoms with E-state index in [4.69, 9.17) is 28.3 Å². The minimum absolute atomic E-state index is 0.336. The molecule has 0 spiro atoms. The van der Waals surface area contributed by atoms with Crippen molar-refractivity contribution in [3.63, 3.8) is 0 Å². The number of rotatable bonds is 3. The average molecular weight is 331 g/mol.